The fourth-order valence-corrected chi connectivity index (χ4v) is 11.6. The third-order valence-electron chi connectivity index (χ3n) is 17.2. The monoisotopic (exact) mass is 1150 g/mol. The van der Waals surface area contributed by atoms with Gasteiger partial charge in [-0.2, -0.15) is 0 Å². The minimum absolute atomic E-state index is 0.137. The van der Waals surface area contributed by atoms with Gasteiger partial charge in [-0.25, -0.2) is 0 Å². The Hall–Kier alpha value is -7.58. The summed E-state index contributed by atoms with van der Waals surface area (Å²) in [5, 5.41) is 51.8. The van der Waals surface area contributed by atoms with Crippen molar-refractivity contribution in [1.82, 2.24) is 9.97 Å². The van der Waals surface area contributed by atoms with E-state index >= 15 is 0 Å². The number of ether oxygens (including phenoxy) is 2. The molecule has 0 saturated heterocycles. The molecule has 8 nitrogen and oxygen atoms in total. The van der Waals surface area contributed by atoms with Gasteiger partial charge in [0, 0.05) is 50.9 Å². The Bertz CT molecular complexity index is 3570. The lowest BCUT2D eigenvalue weighted by Gasteiger charge is -2.28. The van der Waals surface area contributed by atoms with Crippen LogP contribution >= 0.6 is 0 Å². The molecule has 452 valence electrons. The van der Waals surface area contributed by atoms with Gasteiger partial charge in [-0.3, -0.25) is 9.97 Å². The molecule has 0 amide bonds. The largest absolute Gasteiger partial charge is 0.507 e. The van der Waals surface area contributed by atoms with Crippen molar-refractivity contribution in [2.45, 2.75) is 209 Å². The molecule has 1 aliphatic rings. The molecule has 2 aromatic heterocycles. The van der Waals surface area contributed by atoms with Gasteiger partial charge < -0.3 is 29.9 Å². The minimum Gasteiger partial charge on any atom is -0.507 e. The van der Waals surface area contributed by atoms with E-state index in [4.69, 9.17) is 9.47 Å². The maximum atomic E-state index is 13.1. The number of benzene rings is 6. The van der Waals surface area contributed by atoms with Crippen molar-refractivity contribution >= 4 is 0 Å². The lowest BCUT2D eigenvalue weighted by Crippen LogP contribution is -2.16. The Balaban J connectivity index is 1.39. The summed E-state index contributed by atoms with van der Waals surface area (Å²) in [7, 11) is 0. The quantitative estimate of drug-likeness (QED) is 0.130. The average molecular weight is 1160 g/mol. The van der Waals surface area contributed by atoms with Crippen molar-refractivity contribution in [3.8, 4) is 34.5 Å². The van der Waals surface area contributed by atoms with Gasteiger partial charge in [0.15, 0.2) is 0 Å². The Morgan fingerprint density at radius 1 is 0.291 bits per heavy atom. The average Bonchev–Trinajstić information content (AvgIpc) is 1.14. The van der Waals surface area contributed by atoms with E-state index < -0.39 is 0 Å². The standard InChI is InChI=1S/C78H94N2O6/c1-73(2,3)59-33-47-27-49-35-60(74(4,5)6)37-51(68(49)82)29-55-41-63(77(13,14)15)43-57(71(55)85-45-65-23-19-21-25-79-65)31-53-39-62(76(10,11)12)40-54(70(53)84)32-58-44-64(78(16,17)18)42-56(72(58)86-46-66-24-20-22-26-80-66)30-52-38-61(75(7,8)9)36-50(69(52)83)28-48(34-59)67(47)81/h19-26,33-44,81-84H,27-32,45-46H2,1-18H3. The molecule has 2 heterocycles. The summed E-state index contributed by atoms with van der Waals surface area (Å²) in [6.07, 6.45) is 5.39. The summed E-state index contributed by atoms with van der Waals surface area (Å²) in [6.45, 7) is 40.0. The van der Waals surface area contributed by atoms with Gasteiger partial charge in [0.1, 0.15) is 47.7 Å². The number of phenolic OH excluding ortho intramolecular Hbond substituents is 4. The van der Waals surface area contributed by atoms with Gasteiger partial charge in [0.25, 0.3) is 0 Å². The number of aromatic nitrogens is 2. The molecule has 0 unspecified atom stereocenters. The van der Waals surface area contributed by atoms with E-state index in [9.17, 15) is 20.4 Å². The highest BCUT2D eigenvalue weighted by molar-refractivity contribution is 5.61. The van der Waals surface area contributed by atoms with Crippen LogP contribution in [0.4, 0.5) is 0 Å². The predicted molar refractivity (Wildman–Crippen MR) is 351 cm³/mol. The highest BCUT2D eigenvalue weighted by Crippen LogP contribution is 2.46. The number of hydrogen-bond acceptors (Lipinski definition) is 8. The molecule has 9 rings (SSSR count). The zero-order valence-corrected chi connectivity index (χ0v) is 54.7. The fourth-order valence-electron chi connectivity index (χ4n) is 11.6. The highest BCUT2D eigenvalue weighted by atomic mass is 16.5. The maximum Gasteiger partial charge on any atom is 0.130 e. The van der Waals surface area contributed by atoms with Gasteiger partial charge in [-0.05, 0) is 157 Å². The maximum absolute atomic E-state index is 13.1. The zero-order chi connectivity index (χ0) is 62.6. The molecule has 0 saturated carbocycles. The van der Waals surface area contributed by atoms with Crippen LogP contribution in [0.15, 0.2) is 122 Å². The summed E-state index contributed by atoms with van der Waals surface area (Å²) < 4.78 is 14.2. The number of hydrogen-bond donors (Lipinski definition) is 4. The number of fused-ring (bicyclic) bond motifs is 12. The lowest BCUT2D eigenvalue weighted by molar-refractivity contribution is 0.295. The van der Waals surface area contributed by atoms with Crippen LogP contribution in [-0.2, 0) is 84.2 Å². The van der Waals surface area contributed by atoms with Crippen LogP contribution in [0.1, 0.15) is 236 Å². The Kier molecular flexibility index (Phi) is 17.3. The first-order valence-electron chi connectivity index (χ1n) is 30.8. The molecular formula is C78H94N2O6. The van der Waals surface area contributed by atoms with E-state index in [0.717, 1.165) is 89.3 Å². The van der Waals surface area contributed by atoms with Crippen molar-refractivity contribution in [3.63, 3.8) is 0 Å². The summed E-state index contributed by atoms with van der Waals surface area (Å²) in [6, 6.07) is 37.6. The Labute approximate surface area is 513 Å². The van der Waals surface area contributed by atoms with Crippen LogP contribution in [0.25, 0.3) is 0 Å². The summed E-state index contributed by atoms with van der Waals surface area (Å²) in [4.78, 5) is 9.36. The van der Waals surface area contributed by atoms with Crippen molar-refractivity contribution in [2.24, 2.45) is 0 Å². The minimum atomic E-state index is -0.310. The van der Waals surface area contributed by atoms with Crippen LogP contribution in [0.5, 0.6) is 34.5 Å². The number of rotatable bonds is 6. The molecule has 0 atom stereocenters. The van der Waals surface area contributed by atoms with Gasteiger partial charge in [-0.1, -0.05) is 210 Å². The Morgan fingerprint density at radius 3 is 0.651 bits per heavy atom. The van der Waals surface area contributed by atoms with Gasteiger partial charge in [0.2, 0.25) is 0 Å². The Morgan fingerprint density at radius 2 is 0.477 bits per heavy atom. The number of pyridine rings is 2. The summed E-state index contributed by atoms with van der Waals surface area (Å²) in [5.74, 6) is 2.01. The van der Waals surface area contributed by atoms with Gasteiger partial charge >= 0.3 is 0 Å². The molecule has 0 radical (unpaired) electrons. The van der Waals surface area contributed by atoms with Crippen LogP contribution < -0.4 is 9.47 Å². The molecule has 6 aromatic carbocycles. The van der Waals surface area contributed by atoms with Crippen molar-refractivity contribution < 1.29 is 29.9 Å². The predicted octanol–water partition coefficient (Wildman–Crippen LogP) is 18.1. The van der Waals surface area contributed by atoms with E-state index in [-0.39, 0.29) is 81.5 Å². The van der Waals surface area contributed by atoms with E-state index in [1.807, 2.05) is 36.4 Å². The lowest BCUT2D eigenvalue weighted by atomic mass is 9.79. The third-order valence-corrected chi connectivity index (χ3v) is 17.2. The number of phenols is 4. The molecule has 8 heteroatoms. The third kappa shape index (κ3) is 14.3. The van der Waals surface area contributed by atoms with Crippen LogP contribution in [0, 0.1) is 0 Å². The first kappa shape index (κ1) is 62.9. The first-order valence-corrected chi connectivity index (χ1v) is 30.8. The molecule has 8 aromatic rings. The molecule has 0 aliphatic heterocycles. The van der Waals surface area contributed by atoms with Crippen molar-refractivity contribution in [2.75, 3.05) is 0 Å². The van der Waals surface area contributed by atoms with E-state index in [2.05, 4.69) is 207 Å². The van der Waals surface area contributed by atoms with Crippen molar-refractivity contribution in [3.05, 3.63) is 233 Å². The number of nitrogens with zero attached hydrogens (tertiary/aromatic N) is 2. The topological polar surface area (TPSA) is 125 Å². The van der Waals surface area contributed by atoms with E-state index in [1.165, 1.54) is 0 Å². The second-order valence-electron chi connectivity index (χ2n) is 30.6. The van der Waals surface area contributed by atoms with Crippen LogP contribution in [-0.4, -0.2) is 30.4 Å². The molecule has 0 fully saturated rings. The van der Waals surface area contributed by atoms with Gasteiger partial charge in [0.05, 0.1) is 11.4 Å². The molecule has 1 aliphatic carbocycles. The van der Waals surface area contributed by atoms with Gasteiger partial charge in [-0.15, -0.1) is 0 Å². The number of aromatic hydroxyl groups is 4. The highest BCUT2D eigenvalue weighted by Gasteiger charge is 2.30. The molecule has 86 heavy (non-hydrogen) atoms. The fraction of sp³-hybridized carbons (Fsp3) is 0.410. The molecule has 4 N–H and O–H groups in total. The molecular weight excluding hydrogens is 1060 g/mol. The smallest absolute Gasteiger partial charge is 0.130 e. The second kappa shape index (κ2) is 23.6. The van der Waals surface area contributed by atoms with Crippen LogP contribution in [0.2, 0.25) is 0 Å². The van der Waals surface area contributed by atoms with E-state index in [1.54, 1.807) is 12.4 Å². The van der Waals surface area contributed by atoms with Crippen molar-refractivity contribution in [1.29, 1.82) is 0 Å². The first-order chi connectivity index (χ1) is 40.0. The van der Waals surface area contributed by atoms with E-state index in [0.29, 0.717) is 59.4 Å². The van der Waals surface area contributed by atoms with Crippen LogP contribution in [0.3, 0.4) is 0 Å². The molecule has 12 bridgehead atoms. The second-order valence-corrected chi connectivity index (χ2v) is 30.6. The zero-order valence-electron chi connectivity index (χ0n) is 54.7. The molecule has 0 spiro atoms. The summed E-state index contributed by atoms with van der Waals surface area (Å²) in [5.41, 5.74) is 15.5. The SMILES string of the molecule is CC(C)(C)c1cc2c(O)c(c1)Cc1cc(C(C)(C)C)cc(c1O)Cc1cc(C(C)(C)C)cc(c1OCc1ccccn1)Cc1cc(C(C)(C)C)cc(c1O)Cc1cc(C(C)(C)C)cc(c1OCc1ccccn1)Cc1cc(C(C)(C)C)cc(c1O)C2. The normalized spacial score (nSPS) is 13.7. The summed E-state index contributed by atoms with van der Waals surface area (Å²) >= 11 is 0.